The SMILES string of the molecule is C=C(C(=O)OC)[C@@H](c1ccccc1)N1C(=O)c2c(Br)c(Br)c(Br)c(Br)c2C1=O. The van der Waals surface area contributed by atoms with Crippen molar-refractivity contribution in [1.29, 1.82) is 0 Å². The molecule has 3 rings (SSSR count). The van der Waals surface area contributed by atoms with Crippen LogP contribution in [0, 0.1) is 0 Å². The molecule has 28 heavy (non-hydrogen) atoms. The van der Waals surface area contributed by atoms with Crippen LogP contribution in [-0.4, -0.2) is 29.8 Å². The second-order valence-corrected chi connectivity index (χ2v) is 8.99. The van der Waals surface area contributed by atoms with Crippen LogP contribution in [0.4, 0.5) is 0 Å². The predicted molar refractivity (Wildman–Crippen MR) is 118 cm³/mol. The molecule has 0 aliphatic carbocycles. The van der Waals surface area contributed by atoms with E-state index in [1.165, 1.54) is 7.11 Å². The van der Waals surface area contributed by atoms with Crippen molar-refractivity contribution in [3.63, 3.8) is 0 Å². The number of rotatable bonds is 4. The summed E-state index contributed by atoms with van der Waals surface area (Å²) in [6.45, 7) is 3.80. The van der Waals surface area contributed by atoms with E-state index in [0.29, 0.717) is 23.5 Å². The van der Waals surface area contributed by atoms with Gasteiger partial charge in [-0.15, -0.1) is 0 Å². The van der Waals surface area contributed by atoms with Crippen molar-refractivity contribution < 1.29 is 19.1 Å². The van der Waals surface area contributed by atoms with E-state index in [1.54, 1.807) is 30.3 Å². The molecule has 0 N–H and O–H groups in total. The molecule has 0 unspecified atom stereocenters. The van der Waals surface area contributed by atoms with Crippen molar-refractivity contribution in [2.75, 3.05) is 7.11 Å². The summed E-state index contributed by atoms with van der Waals surface area (Å²) in [6, 6.07) is 7.74. The fraction of sp³-hybridized carbons (Fsp3) is 0.105. The first kappa shape index (κ1) is 21.4. The Morgan fingerprint density at radius 2 is 1.39 bits per heavy atom. The topological polar surface area (TPSA) is 63.7 Å². The molecule has 1 aliphatic heterocycles. The summed E-state index contributed by atoms with van der Waals surface area (Å²) in [5.41, 5.74) is 0.947. The lowest BCUT2D eigenvalue weighted by atomic mass is 9.98. The largest absolute Gasteiger partial charge is 0.466 e. The average Bonchev–Trinajstić information content (AvgIpc) is 2.96. The Hall–Kier alpha value is -1.29. The van der Waals surface area contributed by atoms with E-state index in [0.717, 1.165) is 4.90 Å². The van der Waals surface area contributed by atoms with Crippen LogP contribution in [0.25, 0.3) is 0 Å². The molecule has 1 heterocycles. The molecule has 2 aromatic carbocycles. The van der Waals surface area contributed by atoms with Crippen molar-refractivity contribution in [3.05, 3.63) is 77.1 Å². The quantitative estimate of drug-likeness (QED) is 0.140. The fourth-order valence-corrected chi connectivity index (χ4v) is 5.44. The minimum Gasteiger partial charge on any atom is -0.466 e. The van der Waals surface area contributed by atoms with Crippen LogP contribution in [0.5, 0.6) is 0 Å². The van der Waals surface area contributed by atoms with Crippen molar-refractivity contribution in [2.45, 2.75) is 6.04 Å². The van der Waals surface area contributed by atoms with Gasteiger partial charge >= 0.3 is 5.97 Å². The molecule has 2 aromatic rings. The Kier molecular flexibility index (Phi) is 6.29. The number of hydrogen-bond acceptors (Lipinski definition) is 4. The third-order valence-electron chi connectivity index (χ3n) is 4.28. The van der Waals surface area contributed by atoms with Gasteiger partial charge in [0.1, 0.15) is 0 Å². The molecule has 0 spiro atoms. The first-order chi connectivity index (χ1) is 13.2. The number of amides is 2. The summed E-state index contributed by atoms with van der Waals surface area (Å²) in [7, 11) is 1.22. The van der Waals surface area contributed by atoms with Crippen molar-refractivity contribution in [2.24, 2.45) is 0 Å². The number of fused-ring (bicyclic) bond motifs is 1. The van der Waals surface area contributed by atoms with Crippen LogP contribution in [0.15, 0.2) is 60.4 Å². The Morgan fingerprint density at radius 1 is 0.929 bits per heavy atom. The van der Waals surface area contributed by atoms with Gasteiger partial charge in [-0.1, -0.05) is 36.9 Å². The molecular formula is C19H11Br4NO4. The van der Waals surface area contributed by atoms with E-state index in [2.05, 4.69) is 70.3 Å². The molecule has 0 fully saturated rings. The van der Waals surface area contributed by atoms with Crippen LogP contribution in [-0.2, 0) is 9.53 Å². The zero-order chi connectivity index (χ0) is 20.7. The summed E-state index contributed by atoms with van der Waals surface area (Å²) < 4.78 is 6.84. The van der Waals surface area contributed by atoms with Gasteiger partial charge in [0.25, 0.3) is 11.8 Å². The van der Waals surface area contributed by atoms with Crippen molar-refractivity contribution in [1.82, 2.24) is 4.90 Å². The van der Waals surface area contributed by atoms with E-state index in [-0.39, 0.29) is 16.7 Å². The molecule has 1 aliphatic rings. The molecule has 0 bridgehead atoms. The maximum atomic E-state index is 13.3. The summed E-state index contributed by atoms with van der Waals surface area (Å²) in [6.07, 6.45) is 0. The van der Waals surface area contributed by atoms with Gasteiger partial charge in [-0.05, 0) is 69.3 Å². The molecule has 0 saturated carbocycles. The number of nitrogens with zero attached hydrogens (tertiary/aromatic N) is 1. The van der Waals surface area contributed by atoms with E-state index >= 15 is 0 Å². The normalized spacial score (nSPS) is 14.1. The number of hydrogen-bond donors (Lipinski definition) is 0. The number of benzene rings is 2. The Morgan fingerprint density at radius 3 is 1.82 bits per heavy atom. The smallest absolute Gasteiger partial charge is 0.335 e. The van der Waals surface area contributed by atoms with Crippen LogP contribution in [0.1, 0.15) is 32.3 Å². The molecule has 0 saturated heterocycles. The van der Waals surface area contributed by atoms with Crippen LogP contribution in [0.3, 0.4) is 0 Å². The van der Waals surface area contributed by atoms with E-state index in [4.69, 9.17) is 4.74 Å². The lowest BCUT2D eigenvalue weighted by molar-refractivity contribution is -0.136. The summed E-state index contributed by atoms with van der Waals surface area (Å²) >= 11 is 13.6. The number of ether oxygens (including phenoxy) is 1. The first-order valence-corrected chi connectivity index (χ1v) is 10.9. The van der Waals surface area contributed by atoms with Gasteiger partial charge < -0.3 is 4.74 Å². The molecule has 0 aromatic heterocycles. The van der Waals surface area contributed by atoms with Crippen LogP contribution >= 0.6 is 63.7 Å². The third kappa shape index (κ3) is 3.32. The van der Waals surface area contributed by atoms with Gasteiger partial charge in [0.2, 0.25) is 0 Å². The van der Waals surface area contributed by atoms with Crippen LogP contribution in [0.2, 0.25) is 0 Å². The molecular weight excluding hydrogens is 626 g/mol. The van der Waals surface area contributed by atoms with E-state index < -0.39 is 23.8 Å². The summed E-state index contributed by atoms with van der Waals surface area (Å²) in [4.78, 5) is 39.8. The maximum absolute atomic E-state index is 13.3. The zero-order valence-electron chi connectivity index (χ0n) is 14.3. The lowest BCUT2D eigenvalue weighted by Gasteiger charge is -2.27. The number of esters is 1. The Labute approximate surface area is 194 Å². The minimum atomic E-state index is -1.00. The highest BCUT2D eigenvalue weighted by Crippen LogP contribution is 2.47. The highest BCUT2D eigenvalue weighted by molar-refractivity contribution is 9.15. The van der Waals surface area contributed by atoms with Gasteiger partial charge in [-0.2, -0.15) is 0 Å². The number of methoxy groups -OCH3 is 1. The molecule has 2 amide bonds. The molecule has 5 nitrogen and oxygen atoms in total. The maximum Gasteiger partial charge on any atom is 0.335 e. The Bertz CT molecular complexity index is 989. The minimum absolute atomic E-state index is 0.0198. The van der Waals surface area contributed by atoms with Gasteiger partial charge in [0.05, 0.1) is 29.9 Å². The van der Waals surface area contributed by atoms with Crippen molar-refractivity contribution >= 4 is 81.5 Å². The first-order valence-electron chi connectivity index (χ1n) is 7.78. The Balaban J connectivity index is 2.23. The molecule has 1 atom stereocenters. The van der Waals surface area contributed by atoms with Gasteiger partial charge in [-0.25, -0.2) is 4.79 Å². The second-order valence-electron chi connectivity index (χ2n) is 5.82. The van der Waals surface area contributed by atoms with Gasteiger partial charge in [-0.3, -0.25) is 14.5 Å². The number of imide groups is 1. The van der Waals surface area contributed by atoms with Crippen LogP contribution < -0.4 is 0 Å². The predicted octanol–water partition coefficient (Wildman–Crippen LogP) is 5.80. The van der Waals surface area contributed by atoms with Crippen molar-refractivity contribution in [3.8, 4) is 0 Å². The van der Waals surface area contributed by atoms with Gasteiger partial charge in [0, 0.05) is 17.9 Å². The van der Waals surface area contributed by atoms with Gasteiger partial charge in [0.15, 0.2) is 0 Å². The van der Waals surface area contributed by atoms with E-state index in [1.807, 2.05) is 0 Å². The number of carbonyl (C=O) groups excluding carboxylic acids is 3. The summed E-state index contributed by atoms with van der Waals surface area (Å²) in [5.74, 6) is -1.79. The fourth-order valence-electron chi connectivity index (χ4n) is 2.99. The third-order valence-corrected chi connectivity index (χ3v) is 9.05. The standard InChI is InChI=1S/C19H11Br4NO4/c1-8(19(27)28-2)16(9-6-4-3-5-7-9)24-17(25)10-11(18(24)26)13(21)15(23)14(22)12(10)20/h3-7,16H,1H2,2H3/t16-/m0/s1. The highest BCUT2D eigenvalue weighted by atomic mass is 79.9. The monoisotopic (exact) mass is 633 g/mol. The molecule has 0 radical (unpaired) electrons. The molecule has 9 heteroatoms. The van der Waals surface area contributed by atoms with E-state index in [9.17, 15) is 14.4 Å². The highest BCUT2D eigenvalue weighted by Gasteiger charge is 2.46. The zero-order valence-corrected chi connectivity index (χ0v) is 20.6. The lowest BCUT2D eigenvalue weighted by Crippen LogP contribution is -2.36. The number of halogens is 4. The number of carbonyl (C=O) groups is 3. The molecule has 144 valence electrons. The summed E-state index contributed by atoms with van der Waals surface area (Å²) in [5, 5.41) is 0. The average molecular weight is 637 g/mol. The second kappa shape index (κ2) is 8.22.